The molecule has 2 rings (SSSR count). The molecule has 1 unspecified atom stereocenters. The molecule has 0 radical (unpaired) electrons. The summed E-state index contributed by atoms with van der Waals surface area (Å²) in [5, 5.41) is 13.7. The molecule has 2 aliphatic rings. The molecule has 0 aromatic rings. The van der Waals surface area contributed by atoms with E-state index in [0.29, 0.717) is 12.0 Å². The third-order valence-corrected chi connectivity index (χ3v) is 6.95. The number of fused-ring (bicyclic) bond motifs is 2. The summed E-state index contributed by atoms with van der Waals surface area (Å²) >= 11 is 0. The van der Waals surface area contributed by atoms with Gasteiger partial charge in [-0.15, -0.1) is 0 Å². The minimum absolute atomic E-state index is 0.0801. The average molecular weight is 561 g/mol. The molecule has 40 heavy (non-hydrogen) atoms. The Labute approximate surface area is 234 Å². The summed E-state index contributed by atoms with van der Waals surface area (Å²) in [5.41, 5.74) is 6.12. The van der Waals surface area contributed by atoms with Crippen LogP contribution in [0.25, 0.3) is 0 Å². The summed E-state index contributed by atoms with van der Waals surface area (Å²) in [6, 6.07) is 0. The van der Waals surface area contributed by atoms with E-state index in [9.17, 15) is 24.3 Å². The number of rotatable bonds is 4. The highest BCUT2D eigenvalue weighted by Gasteiger charge is 2.34. The zero-order valence-corrected chi connectivity index (χ0v) is 24.1. The van der Waals surface area contributed by atoms with Gasteiger partial charge in [0, 0.05) is 37.4 Å². The summed E-state index contributed by atoms with van der Waals surface area (Å²) < 4.78 is 21.7. The second-order valence-corrected chi connectivity index (χ2v) is 10.1. The minimum atomic E-state index is -1.00. The summed E-state index contributed by atoms with van der Waals surface area (Å²) in [6.07, 6.45) is 3.61. The SMILES string of the molecule is COC1=C2CC(C)C[C@H](OC)[C@H](O)[C@@H](C)/C=C(\C)[C@H](OC(N)=O)[C@@H](OC)/C=C\C=C(/C)C(=O)NC(=CC1=O)C2=O. The molecule has 0 fully saturated rings. The summed E-state index contributed by atoms with van der Waals surface area (Å²) in [7, 11) is 4.21. The maximum absolute atomic E-state index is 13.3. The van der Waals surface area contributed by atoms with Crippen LogP contribution in [0.5, 0.6) is 0 Å². The third-order valence-electron chi connectivity index (χ3n) is 6.95. The molecular formula is C29H40N2O9. The highest BCUT2D eigenvalue weighted by molar-refractivity contribution is 6.23. The van der Waals surface area contributed by atoms with E-state index in [1.165, 1.54) is 34.3 Å². The van der Waals surface area contributed by atoms with Crippen LogP contribution >= 0.6 is 0 Å². The molecule has 0 aromatic heterocycles. The number of hydrogen-bond donors (Lipinski definition) is 3. The van der Waals surface area contributed by atoms with Crippen molar-refractivity contribution in [2.24, 2.45) is 17.6 Å². The fraction of sp³-hybridized carbons (Fsp3) is 0.517. The molecule has 1 heterocycles. The van der Waals surface area contributed by atoms with Crippen molar-refractivity contribution >= 4 is 23.6 Å². The van der Waals surface area contributed by atoms with Gasteiger partial charge in [0.05, 0.1) is 25.0 Å². The van der Waals surface area contributed by atoms with Gasteiger partial charge in [-0.1, -0.05) is 38.2 Å². The predicted octanol–water partition coefficient (Wildman–Crippen LogP) is 2.41. The Morgan fingerprint density at radius 3 is 2.35 bits per heavy atom. The summed E-state index contributed by atoms with van der Waals surface area (Å²) in [4.78, 5) is 50.6. The smallest absolute Gasteiger partial charge is 0.405 e. The lowest BCUT2D eigenvalue weighted by Gasteiger charge is -2.29. The molecule has 11 heteroatoms. The van der Waals surface area contributed by atoms with Gasteiger partial charge < -0.3 is 35.1 Å². The van der Waals surface area contributed by atoms with Gasteiger partial charge in [-0.05, 0) is 38.2 Å². The van der Waals surface area contributed by atoms with Crippen LogP contribution < -0.4 is 11.1 Å². The molecule has 220 valence electrons. The van der Waals surface area contributed by atoms with Crippen molar-refractivity contribution in [2.45, 2.75) is 65.0 Å². The Morgan fingerprint density at radius 2 is 1.77 bits per heavy atom. The van der Waals surface area contributed by atoms with Crippen molar-refractivity contribution in [3.63, 3.8) is 0 Å². The number of carbonyl (C=O) groups is 4. The fourth-order valence-electron chi connectivity index (χ4n) is 4.78. The molecule has 0 spiro atoms. The zero-order chi connectivity index (χ0) is 30.1. The number of aliphatic hydroxyl groups is 1. The van der Waals surface area contributed by atoms with Crippen LogP contribution in [0.2, 0.25) is 0 Å². The van der Waals surface area contributed by atoms with Gasteiger partial charge in [0.15, 0.2) is 11.9 Å². The van der Waals surface area contributed by atoms with Crippen LogP contribution in [0.4, 0.5) is 4.79 Å². The van der Waals surface area contributed by atoms with Crippen molar-refractivity contribution in [2.75, 3.05) is 21.3 Å². The van der Waals surface area contributed by atoms with Gasteiger partial charge in [0.1, 0.15) is 6.10 Å². The van der Waals surface area contributed by atoms with E-state index in [1.807, 2.05) is 6.92 Å². The first-order chi connectivity index (χ1) is 18.8. The number of methoxy groups -OCH3 is 3. The van der Waals surface area contributed by atoms with Crippen LogP contribution in [0.1, 0.15) is 40.5 Å². The monoisotopic (exact) mass is 560 g/mol. The molecule has 0 saturated heterocycles. The number of allylic oxidation sites excluding steroid dienone is 4. The van der Waals surface area contributed by atoms with Crippen molar-refractivity contribution in [1.82, 2.24) is 5.32 Å². The Kier molecular flexibility index (Phi) is 12.0. The second-order valence-electron chi connectivity index (χ2n) is 10.1. The van der Waals surface area contributed by atoms with Gasteiger partial charge in [-0.25, -0.2) is 4.79 Å². The molecule has 1 aliphatic carbocycles. The molecule has 1 aliphatic heterocycles. The number of ether oxygens (including phenoxy) is 4. The number of nitrogens with one attached hydrogen (secondary N) is 1. The van der Waals surface area contributed by atoms with E-state index in [0.717, 1.165) is 6.08 Å². The Hall–Kier alpha value is -3.54. The van der Waals surface area contributed by atoms with Gasteiger partial charge >= 0.3 is 6.09 Å². The highest BCUT2D eigenvalue weighted by Crippen LogP contribution is 2.29. The Bertz CT molecular complexity index is 1150. The van der Waals surface area contributed by atoms with E-state index < -0.39 is 53.9 Å². The lowest BCUT2D eigenvalue weighted by molar-refractivity contribution is -0.120. The number of ketones is 2. The van der Waals surface area contributed by atoms with E-state index in [1.54, 1.807) is 32.1 Å². The van der Waals surface area contributed by atoms with E-state index in [2.05, 4.69) is 5.32 Å². The molecule has 0 aromatic carbocycles. The molecular weight excluding hydrogens is 520 g/mol. The highest BCUT2D eigenvalue weighted by atomic mass is 16.6. The number of amides is 2. The maximum atomic E-state index is 13.3. The molecule has 2 bridgehead atoms. The predicted molar refractivity (Wildman–Crippen MR) is 147 cm³/mol. The summed E-state index contributed by atoms with van der Waals surface area (Å²) in [6.45, 7) is 6.92. The van der Waals surface area contributed by atoms with Gasteiger partial charge in [0.2, 0.25) is 11.6 Å². The van der Waals surface area contributed by atoms with Crippen LogP contribution in [-0.4, -0.2) is 74.4 Å². The molecule has 4 N–H and O–H groups in total. The first-order valence-electron chi connectivity index (χ1n) is 13.0. The first kappa shape index (κ1) is 32.7. The van der Waals surface area contributed by atoms with Crippen molar-refractivity contribution in [3.8, 4) is 0 Å². The quantitative estimate of drug-likeness (QED) is 0.346. The van der Waals surface area contributed by atoms with Gasteiger partial charge in [0.25, 0.3) is 5.91 Å². The lowest BCUT2D eigenvalue weighted by atomic mass is 9.85. The number of hydrogen-bond acceptors (Lipinski definition) is 9. The fourth-order valence-corrected chi connectivity index (χ4v) is 4.78. The van der Waals surface area contributed by atoms with Crippen LogP contribution in [0.15, 0.2) is 58.6 Å². The van der Waals surface area contributed by atoms with E-state index in [-0.39, 0.29) is 34.9 Å². The topological polar surface area (TPSA) is 163 Å². The van der Waals surface area contributed by atoms with Crippen LogP contribution in [0, 0.1) is 11.8 Å². The number of primary amides is 1. The summed E-state index contributed by atoms with van der Waals surface area (Å²) in [5.74, 6) is -2.39. The number of Topliss-reactive ketones (excluding diaryl/α,β-unsaturated/α-hetero) is 1. The van der Waals surface area contributed by atoms with Gasteiger partial charge in [-0.3, -0.25) is 14.4 Å². The van der Waals surface area contributed by atoms with Gasteiger partial charge in [-0.2, -0.15) is 0 Å². The molecule has 2 amide bonds. The third kappa shape index (κ3) is 8.23. The molecule has 11 nitrogen and oxygen atoms in total. The first-order valence-corrected chi connectivity index (χ1v) is 13.0. The number of nitrogens with two attached hydrogens (primary N) is 1. The van der Waals surface area contributed by atoms with Crippen molar-refractivity contribution in [1.29, 1.82) is 0 Å². The average Bonchev–Trinajstić information content (AvgIpc) is 2.90. The Morgan fingerprint density at radius 1 is 1.10 bits per heavy atom. The lowest BCUT2D eigenvalue weighted by Crippen LogP contribution is -2.37. The van der Waals surface area contributed by atoms with Crippen LogP contribution in [-0.2, 0) is 33.3 Å². The largest absolute Gasteiger partial charge is 0.492 e. The minimum Gasteiger partial charge on any atom is -0.492 e. The second kappa shape index (κ2) is 14.7. The normalized spacial score (nSPS) is 32.7. The Balaban J connectivity index is 2.60. The maximum Gasteiger partial charge on any atom is 0.405 e. The number of aliphatic hydroxyl groups excluding tert-OH is 1. The van der Waals surface area contributed by atoms with Crippen molar-refractivity contribution in [3.05, 3.63) is 58.6 Å². The molecule has 0 saturated carbocycles. The molecule has 6 atom stereocenters. The zero-order valence-electron chi connectivity index (χ0n) is 24.1. The number of carbonyl (C=O) groups excluding carboxylic acids is 4. The standard InChI is InChI=1S/C29H40N2O9/c1-15-11-19-25(34)20(14-21(32)27(19)39-7)31-28(35)16(2)9-8-10-22(37-5)26(40-29(30)36)18(4)13-17(3)24(33)23(12-15)38-6/h8-10,13-15,17,22-24,26,33H,11-12H2,1-7H3,(H2,30,36)(H,31,35)/b10-8-,16-9+,18-13+/t15?,17-,22-,23-,24+,26-/m0/s1. The van der Waals surface area contributed by atoms with Crippen molar-refractivity contribution < 1.29 is 43.2 Å². The van der Waals surface area contributed by atoms with Crippen LogP contribution in [0.3, 0.4) is 0 Å². The van der Waals surface area contributed by atoms with E-state index in [4.69, 9.17) is 24.7 Å². The van der Waals surface area contributed by atoms with E-state index >= 15 is 0 Å².